The second-order valence-electron chi connectivity index (χ2n) is 14.8. The van der Waals surface area contributed by atoms with Gasteiger partial charge in [0.2, 0.25) is 41.4 Å². The average Bonchev–Trinajstić information content (AvgIpc) is 3.06. The number of likely N-dealkylation sites (N-methyl/N-ethyl adjacent to an activating group) is 4. The van der Waals surface area contributed by atoms with Gasteiger partial charge in [0.25, 0.3) is 0 Å². The SMILES string of the molecule is CC[C@@H](C)[C@H]1NC(=O)[C@@H]([C@H](C)O)NC(=O)[C@@H](C)N(C)C(=O)[C@H](C)N(C)C(=O)[C@H](CC(C)C)NC(=O)[C@H](CC(C)C)N(C)C(=O)[C@H](C)N(C)C1=O. The van der Waals surface area contributed by atoms with Crippen LogP contribution in [0.15, 0.2) is 0 Å². The van der Waals surface area contributed by atoms with Crippen molar-refractivity contribution in [3.05, 3.63) is 0 Å². The minimum absolute atomic E-state index is 0.0228. The smallest absolute Gasteiger partial charge is 0.245 e. The van der Waals surface area contributed by atoms with Crippen LogP contribution in [0.3, 0.4) is 0 Å². The number of nitrogens with one attached hydrogen (secondary N) is 3. The molecule has 15 heteroatoms. The fourth-order valence-electron chi connectivity index (χ4n) is 5.74. The molecule has 286 valence electrons. The average molecular weight is 710 g/mol. The molecule has 0 aromatic rings. The van der Waals surface area contributed by atoms with E-state index in [-0.39, 0.29) is 24.7 Å². The van der Waals surface area contributed by atoms with E-state index in [1.807, 2.05) is 34.6 Å². The number of aliphatic hydroxyl groups excluding tert-OH is 1. The zero-order valence-electron chi connectivity index (χ0n) is 32.6. The van der Waals surface area contributed by atoms with Crippen molar-refractivity contribution in [3.8, 4) is 0 Å². The predicted molar refractivity (Wildman–Crippen MR) is 189 cm³/mol. The molecule has 0 bridgehead atoms. The second-order valence-corrected chi connectivity index (χ2v) is 14.8. The first-order valence-corrected chi connectivity index (χ1v) is 17.7. The van der Waals surface area contributed by atoms with Gasteiger partial charge in [0.15, 0.2) is 0 Å². The fraction of sp³-hybridized carbons (Fsp3) is 0.800. The van der Waals surface area contributed by atoms with Crippen LogP contribution in [0, 0.1) is 17.8 Å². The molecule has 4 N–H and O–H groups in total. The highest BCUT2D eigenvalue weighted by molar-refractivity contribution is 5.98. The Morgan fingerprint density at radius 2 is 1.00 bits per heavy atom. The van der Waals surface area contributed by atoms with Gasteiger partial charge in [-0.15, -0.1) is 0 Å². The highest BCUT2D eigenvalue weighted by atomic mass is 16.3. The number of aliphatic hydroxyl groups is 1. The Hall–Kier alpha value is -3.75. The molecular weight excluding hydrogens is 646 g/mol. The van der Waals surface area contributed by atoms with E-state index >= 15 is 0 Å². The van der Waals surface area contributed by atoms with Crippen LogP contribution in [0.5, 0.6) is 0 Å². The molecule has 1 fully saturated rings. The summed E-state index contributed by atoms with van der Waals surface area (Å²) in [6.45, 7) is 17.0. The molecule has 1 aliphatic rings. The summed E-state index contributed by atoms with van der Waals surface area (Å²) < 4.78 is 0. The van der Waals surface area contributed by atoms with Crippen molar-refractivity contribution in [1.29, 1.82) is 0 Å². The van der Waals surface area contributed by atoms with Gasteiger partial charge >= 0.3 is 0 Å². The number of amides is 7. The van der Waals surface area contributed by atoms with Gasteiger partial charge in [0, 0.05) is 28.2 Å². The minimum atomic E-state index is -1.48. The van der Waals surface area contributed by atoms with E-state index in [9.17, 15) is 38.7 Å². The summed E-state index contributed by atoms with van der Waals surface area (Å²) >= 11 is 0. The molecule has 0 aromatic heterocycles. The molecule has 50 heavy (non-hydrogen) atoms. The van der Waals surface area contributed by atoms with Gasteiger partial charge in [-0.25, -0.2) is 0 Å². The van der Waals surface area contributed by atoms with Gasteiger partial charge in [-0.2, -0.15) is 0 Å². The van der Waals surface area contributed by atoms with Gasteiger partial charge in [0.05, 0.1) is 6.10 Å². The number of hydrogen-bond donors (Lipinski definition) is 4. The van der Waals surface area contributed by atoms with Crippen molar-refractivity contribution in [2.24, 2.45) is 17.8 Å². The van der Waals surface area contributed by atoms with Gasteiger partial charge in [0.1, 0.15) is 42.3 Å². The zero-order chi connectivity index (χ0) is 38.9. The third-order valence-corrected chi connectivity index (χ3v) is 9.85. The minimum Gasteiger partial charge on any atom is -0.391 e. The molecule has 1 rings (SSSR count). The Morgan fingerprint density at radius 3 is 1.46 bits per heavy atom. The lowest BCUT2D eigenvalue weighted by Crippen LogP contribution is -2.62. The van der Waals surface area contributed by atoms with Gasteiger partial charge in [-0.05, 0) is 58.3 Å². The van der Waals surface area contributed by atoms with Crippen LogP contribution in [0.2, 0.25) is 0 Å². The van der Waals surface area contributed by atoms with Gasteiger partial charge in [-0.1, -0.05) is 48.0 Å². The quantitative estimate of drug-likeness (QED) is 0.291. The number of carbonyl (C=O) groups excluding carboxylic acids is 7. The first kappa shape index (κ1) is 44.3. The van der Waals surface area contributed by atoms with E-state index in [1.165, 1.54) is 70.6 Å². The van der Waals surface area contributed by atoms with E-state index in [0.717, 1.165) is 4.90 Å². The first-order chi connectivity index (χ1) is 23.0. The number of rotatable bonds is 7. The molecular formula is C35H63N7O8. The van der Waals surface area contributed by atoms with E-state index in [4.69, 9.17) is 0 Å². The summed E-state index contributed by atoms with van der Waals surface area (Å²) in [5, 5.41) is 18.6. The van der Waals surface area contributed by atoms with Crippen molar-refractivity contribution in [2.75, 3.05) is 28.2 Å². The standard InChI is InChI=1S/C35H63N7O8/c1-15-20(6)27-35(50)41(13)23(9)33(48)42(14)26(17-19(4)5)30(45)36-25(16-18(2)3)34(49)40(12)22(8)32(47)39(11)21(7)29(44)38-28(24(10)43)31(46)37-27/h18-28,43H,15-17H2,1-14H3,(H,36,45)(H,37,46)(H,38,44)/t20-,21-,22+,23+,24+,25+,26+,27-,28-/m1/s1. The van der Waals surface area contributed by atoms with E-state index < -0.39 is 95.7 Å². The highest BCUT2D eigenvalue weighted by Gasteiger charge is 2.40. The lowest BCUT2D eigenvalue weighted by Gasteiger charge is -2.36. The summed E-state index contributed by atoms with van der Waals surface area (Å²) in [6.07, 6.45) is -0.385. The molecule has 0 radical (unpaired) electrons. The molecule has 0 aliphatic carbocycles. The molecule has 0 aromatic carbocycles. The van der Waals surface area contributed by atoms with Crippen molar-refractivity contribution in [3.63, 3.8) is 0 Å². The molecule has 1 aliphatic heterocycles. The van der Waals surface area contributed by atoms with Crippen LogP contribution in [0.4, 0.5) is 0 Å². The maximum atomic E-state index is 14.0. The Morgan fingerprint density at radius 1 is 0.560 bits per heavy atom. The maximum Gasteiger partial charge on any atom is 0.245 e. The topological polar surface area (TPSA) is 189 Å². The Balaban J connectivity index is 3.86. The number of carbonyl (C=O) groups is 7. The van der Waals surface area contributed by atoms with Crippen molar-refractivity contribution in [1.82, 2.24) is 35.6 Å². The third-order valence-electron chi connectivity index (χ3n) is 9.85. The summed E-state index contributed by atoms with van der Waals surface area (Å²) in [5.74, 6) is -4.79. The van der Waals surface area contributed by atoms with Crippen LogP contribution in [0.1, 0.15) is 88.5 Å². The molecule has 0 saturated carbocycles. The Bertz CT molecular complexity index is 1240. The van der Waals surface area contributed by atoms with Crippen LogP contribution in [-0.4, -0.2) is 143 Å². The molecule has 1 heterocycles. The van der Waals surface area contributed by atoms with E-state index in [2.05, 4.69) is 16.0 Å². The second kappa shape index (κ2) is 19.0. The number of nitrogens with zero attached hydrogens (tertiary/aromatic N) is 4. The summed E-state index contributed by atoms with van der Waals surface area (Å²) in [4.78, 5) is 101. The highest BCUT2D eigenvalue weighted by Crippen LogP contribution is 2.19. The lowest BCUT2D eigenvalue weighted by atomic mass is 9.96. The predicted octanol–water partition coefficient (Wildman–Crippen LogP) is 0.341. The van der Waals surface area contributed by atoms with Gasteiger partial charge < -0.3 is 40.7 Å². The molecule has 9 atom stereocenters. The summed E-state index contributed by atoms with van der Waals surface area (Å²) in [5.41, 5.74) is 0. The Kier molecular flexibility index (Phi) is 16.8. The Labute approximate surface area is 298 Å². The van der Waals surface area contributed by atoms with Crippen LogP contribution < -0.4 is 16.0 Å². The maximum absolute atomic E-state index is 14.0. The molecule has 7 amide bonds. The molecule has 15 nitrogen and oxygen atoms in total. The fourth-order valence-corrected chi connectivity index (χ4v) is 5.74. The summed E-state index contributed by atoms with van der Waals surface area (Å²) in [7, 11) is 5.74. The third kappa shape index (κ3) is 11.1. The van der Waals surface area contributed by atoms with E-state index in [0.29, 0.717) is 6.42 Å². The van der Waals surface area contributed by atoms with Crippen LogP contribution in [0.25, 0.3) is 0 Å². The first-order valence-electron chi connectivity index (χ1n) is 17.7. The molecule has 1 saturated heterocycles. The van der Waals surface area contributed by atoms with Crippen molar-refractivity contribution < 1.29 is 38.7 Å². The largest absolute Gasteiger partial charge is 0.391 e. The monoisotopic (exact) mass is 709 g/mol. The summed E-state index contributed by atoms with van der Waals surface area (Å²) in [6, 6.07) is -7.85. The van der Waals surface area contributed by atoms with Crippen LogP contribution in [-0.2, 0) is 33.6 Å². The van der Waals surface area contributed by atoms with Crippen molar-refractivity contribution in [2.45, 2.75) is 137 Å². The lowest BCUT2D eigenvalue weighted by molar-refractivity contribution is -0.150. The zero-order valence-corrected chi connectivity index (χ0v) is 32.6. The van der Waals surface area contributed by atoms with Crippen molar-refractivity contribution >= 4 is 41.4 Å². The molecule has 0 spiro atoms. The van der Waals surface area contributed by atoms with Gasteiger partial charge in [-0.3, -0.25) is 33.6 Å². The number of hydrogen-bond acceptors (Lipinski definition) is 8. The molecule has 0 unspecified atom stereocenters. The normalized spacial score (nSPS) is 29.1. The van der Waals surface area contributed by atoms with E-state index in [1.54, 1.807) is 6.92 Å². The van der Waals surface area contributed by atoms with Crippen LogP contribution >= 0.6 is 0 Å².